The molecule has 2 aromatic carbocycles. The number of halogens is 1. The summed E-state index contributed by atoms with van der Waals surface area (Å²) in [5.41, 5.74) is 2.65. The van der Waals surface area contributed by atoms with Crippen molar-refractivity contribution in [2.45, 2.75) is 17.7 Å². The lowest BCUT2D eigenvalue weighted by molar-refractivity contribution is 0.589. The van der Waals surface area contributed by atoms with Crippen LogP contribution in [0.25, 0.3) is 10.9 Å². The van der Waals surface area contributed by atoms with Crippen molar-refractivity contribution in [1.82, 2.24) is 3.97 Å². The van der Waals surface area contributed by atoms with Crippen LogP contribution >= 0.6 is 11.6 Å². The van der Waals surface area contributed by atoms with E-state index in [1.807, 2.05) is 19.1 Å². The second-order valence-electron chi connectivity index (χ2n) is 4.96. The van der Waals surface area contributed by atoms with Gasteiger partial charge < -0.3 is 0 Å². The van der Waals surface area contributed by atoms with Crippen molar-refractivity contribution in [1.29, 1.82) is 0 Å². The van der Waals surface area contributed by atoms with Crippen LogP contribution in [0.5, 0.6) is 0 Å². The van der Waals surface area contributed by atoms with Crippen molar-refractivity contribution >= 4 is 32.5 Å². The smallest absolute Gasteiger partial charge is 0.241 e. The molecule has 0 fully saturated rings. The molecular weight excluding hydrogens is 306 g/mol. The van der Waals surface area contributed by atoms with Gasteiger partial charge in [-0.15, -0.1) is 11.6 Å². The van der Waals surface area contributed by atoms with Crippen LogP contribution in [0.3, 0.4) is 0 Å². The second kappa shape index (κ2) is 5.20. The van der Waals surface area contributed by atoms with Crippen LogP contribution in [0.15, 0.2) is 59.6 Å². The van der Waals surface area contributed by atoms with Gasteiger partial charge in [-0.25, -0.2) is 12.4 Å². The molecule has 0 N–H and O–H groups in total. The summed E-state index contributed by atoms with van der Waals surface area (Å²) in [6.07, 6.45) is 1.58. The zero-order valence-corrected chi connectivity index (χ0v) is 13.0. The van der Waals surface area contributed by atoms with Crippen LogP contribution in [-0.2, 0) is 15.9 Å². The standard InChI is InChI=1S/C16H14ClNO2S/c1-12-2-5-15(6-3-12)21(19,20)18-9-8-14-10-13(11-17)4-7-16(14)18/h2-10H,11H2,1H3. The Morgan fingerprint density at radius 3 is 2.43 bits per heavy atom. The average Bonchev–Trinajstić information content (AvgIpc) is 2.91. The molecule has 0 aliphatic rings. The first kappa shape index (κ1) is 14.2. The number of benzene rings is 2. The number of nitrogens with zero attached hydrogens (tertiary/aromatic N) is 1. The van der Waals surface area contributed by atoms with E-state index in [1.165, 1.54) is 3.97 Å². The van der Waals surface area contributed by atoms with E-state index >= 15 is 0 Å². The van der Waals surface area contributed by atoms with Gasteiger partial charge in [-0.3, -0.25) is 0 Å². The molecule has 3 nitrogen and oxygen atoms in total. The van der Waals surface area contributed by atoms with Gasteiger partial charge >= 0.3 is 0 Å². The minimum atomic E-state index is -3.57. The lowest BCUT2D eigenvalue weighted by Gasteiger charge is -2.08. The fourth-order valence-corrected chi connectivity index (χ4v) is 3.80. The molecule has 0 saturated heterocycles. The van der Waals surface area contributed by atoms with E-state index in [4.69, 9.17) is 11.6 Å². The highest BCUT2D eigenvalue weighted by Gasteiger charge is 2.18. The summed E-state index contributed by atoms with van der Waals surface area (Å²) < 4.78 is 26.7. The summed E-state index contributed by atoms with van der Waals surface area (Å²) in [5.74, 6) is 0.409. The van der Waals surface area contributed by atoms with Gasteiger partial charge in [0.05, 0.1) is 10.4 Å². The highest BCUT2D eigenvalue weighted by Crippen LogP contribution is 2.23. The topological polar surface area (TPSA) is 39.1 Å². The largest absolute Gasteiger partial charge is 0.268 e. The van der Waals surface area contributed by atoms with Crippen LogP contribution in [0.2, 0.25) is 0 Å². The number of hydrogen-bond donors (Lipinski definition) is 0. The Kier molecular flexibility index (Phi) is 3.51. The van der Waals surface area contributed by atoms with Gasteiger partial charge in [0.25, 0.3) is 10.0 Å². The normalized spacial score (nSPS) is 11.9. The van der Waals surface area contributed by atoms with Gasteiger partial charge in [0, 0.05) is 17.5 Å². The van der Waals surface area contributed by atoms with E-state index < -0.39 is 10.0 Å². The van der Waals surface area contributed by atoms with Gasteiger partial charge in [-0.1, -0.05) is 23.8 Å². The molecule has 5 heteroatoms. The van der Waals surface area contributed by atoms with E-state index in [1.54, 1.807) is 42.6 Å². The van der Waals surface area contributed by atoms with Crippen molar-refractivity contribution in [3.8, 4) is 0 Å². The molecular formula is C16H14ClNO2S. The predicted octanol–water partition coefficient (Wildman–Crippen LogP) is 3.93. The van der Waals surface area contributed by atoms with Gasteiger partial charge in [-0.2, -0.15) is 0 Å². The Balaban J connectivity index is 2.17. The number of rotatable bonds is 3. The number of alkyl halides is 1. The second-order valence-corrected chi connectivity index (χ2v) is 7.04. The maximum absolute atomic E-state index is 12.7. The number of aromatic nitrogens is 1. The summed E-state index contributed by atoms with van der Waals surface area (Å²) in [6, 6.07) is 14.2. The zero-order valence-electron chi connectivity index (χ0n) is 11.5. The quantitative estimate of drug-likeness (QED) is 0.686. The Bertz CT molecular complexity index is 896. The highest BCUT2D eigenvalue weighted by atomic mass is 35.5. The maximum atomic E-state index is 12.7. The predicted molar refractivity (Wildman–Crippen MR) is 85.3 cm³/mol. The van der Waals surface area contributed by atoms with Gasteiger partial charge in [0.15, 0.2) is 0 Å². The minimum Gasteiger partial charge on any atom is -0.241 e. The fraction of sp³-hybridized carbons (Fsp3) is 0.125. The maximum Gasteiger partial charge on any atom is 0.268 e. The molecule has 0 radical (unpaired) electrons. The van der Waals surface area contributed by atoms with Crippen molar-refractivity contribution in [2.75, 3.05) is 0 Å². The van der Waals surface area contributed by atoms with E-state index in [0.717, 1.165) is 16.5 Å². The van der Waals surface area contributed by atoms with Crippen LogP contribution in [-0.4, -0.2) is 12.4 Å². The molecule has 1 heterocycles. The monoisotopic (exact) mass is 319 g/mol. The summed E-state index contributed by atoms with van der Waals surface area (Å²) >= 11 is 5.81. The molecule has 0 spiro atoms. The first-order chi connectivity index (χ1) is 10.0. The molecule has 21 heavy (non-hydrogen) atoms. The van der Waals surface area contributed by atoms with Crippen molar-refractivity contribution < 1.29 is 8.42 Å². The first-order valence-electron chi connectivity index (χ1n) is 6.50. The van der Waals surface area contributed by atoms with Crippen LogP contribution in [0, 0.1) is 6.92 Å². The summed E-state index contributed by atoms with van der Waals surface area (Å²) in [6.45, 7) is 1.93. The Morgan fingerprint density at radius 2 is 1.76 bits per heavy atom. The number of aryl methyl sites for hydroxylation is 1. The van der Waals surface area contributed by atoms with E-state index in [2.05, 4.69) is 0 Å². The molecule has 0 unspecified atom stereocenters. The SMILES string of the molecule is Cc1ccc(S(=O)(=O)n2ccc3cc(CCl)ccc32)cc1. The molecule has 0 saturated carbocycles. The molecule has 108 valence electrons. The Hall–Kier alpha value is -1.78. The molecule has 3 rings (SSSR count). The molecule has 0 aliphatic heterocycles. The van der Waals surface area contributed by atoms with E-state index in [-0.39, 0.29) is 4.90 Å². The summed E-state index contributed by atoms with van der Waals surface area (Å²) in [7, 11) is -3.57. The lowest BCUT2D eigenvalue weighted by Crippen LogP contribution is -2.11. The van der Waals surface area contributed by atoms with Gasteiger partial charge in [-0.05, 0) is 42.8 Å². The Labute approximate surface area is 128 Å². The van der Waals surface area contributed by atoms with Crippen molar-refractivity contribution in [3.05, 3.63) is 65.9 Å². The summed E-state index contributed by atoms with van der Waals surface area (Å²) in [5, 5.41) is 0.865. The molecule has 0 atom stereocenters. The third kappa shape index (κ3) is 2.45. The number of fused-ring (bicyclic) bond motifs is 1. The molecule has 0 aliphatic carbocycles. The Morgan fingerprint density at radius 1 is 1.05 bits per heavy atom. The van der Waals surface area contributed by atoms with Crippen LogP contribution in [0.4, 0.5) is 0 Å². The van der Waals surface area contributed by atoms with Crippen molar-refractivity contribution in [2.24, 2.45) is 0 Å². The number of hydrogen-bond acceptors (Lipinski definition) is 2. The van der Waals surface area contributed by atoms with Gasteiger partial charge in [0.1, 0.15) is 0 Å². The third-order valence-corrected chi connectivity index (χ3v) is 5.46. The average molecular weight is 320 g/mol. The van der Waals surface area contributed by atoms with Gasteiger partial charge in [0.2, 0.25) is 0 Å². The summed E-state index contributed by atoms with van der Waals surface area (Å²) in [4.78, 5) is 0.284. The molecule has 0 amide bonds. The minimum absolute atomic E-state index is 0.284. The first-order valence-corrected chi connectivity index (χ1v) is 8.48. The van der Waals surface area contributed by atoms with E-state index in [0.29, 0.717) is 11.4 Å². The van der Waals surface area contributed by atoms with Crippen LogP contribution in [0.1, 0.15) is 11.1 Å². The zero-order chi connectivity index (χ0) is 15.0. The lowest BCUT2D eigenvalue weighted by atomic mass is 10.2. The van der Waals surface area contributed by atoms with E-state index in [9.17, 15) is 8.42 Å². The van der Waals surface area contributed by atoms with Crippen LogP contribution < -0.4 is 0 Å². The molecule has 1 aromatic heterocycles. The van der Waals surface area contributed by atoms with Crippen molar-refractivity contribution in [3.63, 3.8) is 0 Å². The molecule has 0 bridgehead atoms. The molecule has 3 aromatic rings. The highest BCUT2D eigenvalue weighted by molar-refractivity contribution is 7.90. The fourth-order valence-electron chi connectivity index (χ4n) is 2.28. The third-order valence-electron chi connectivity index (χ3n) is 3.45.